The first-order valence-corrected chi connectivity index (χ1v) is 7.81. The van der Waals surface area contributed by atoms with Crippen LogP contribution in [0.4, 0.5) is 0 Å². The van der Waals surface area contributed by atoms with Crippen molar-refractivity contribution in [3.63, 3.8) is 0 Å². The summed E-state index contributed by atoms with van der Waals surface area (Å²) < 4.78 is 33.9. The van der Waals surface area contributed by atoms with Gasteiger partial charge in [-0.05, 0) is 24.3 Å². The molecule has 5 nitrogen and oxygen atoms in total. The minimum atomic E-state index is -1.87. The van der Waals surface area contributed by atoms with Gasteiger partial charge in [-0.25, -0.2) is 0 Å². The Hall–Kier alpha value is -2.26. The fourth-order valence-corrected chi connectivity index (χ4v) is 3.43. The minimum Gasteiger partial charge on any atom is -0.497 e. The zero-order valence-electron chi connectivity index (χ0n) is 13.0. The van der Waals surface area contributed by atoms with Gasteiger partial charge in [-0.2, -0.15) is 0 Å². The third-order valence-electron chi connectivity index (χ3n) is 3.21. The summed E-state index contributed by atoms with van der Waals surface area (Å²) in [7, 11) is 4.34. The monoisotopic (exact) mass is 321 g/mol. The van der Waals surface area contributed by atoms with Crippen molar-refractivity contribution < 1.29 is 23.5 Å². The van der Waals surface area contributed by atoms with Crippen molar-refractivity contribution in [2.24, 2.45) is 0 Å². The maximum absolute atomic E-state index is 12.9. The Kier molecular flexibility index (Phi) is 5.23. The van der Waals surface area contributed by atoms with E-state index in [1.807, 2.05) is 0 Å². The van der Waals surface area contributed by atoms with Crippen molar-refractivity contribution >= 4 is 18.4 Å². The second kappa shape index (κ2) is 7.14. The van der Waals surface area contributed by atoms with E-state index < -0.39 is 7.80 Å². The van der Waals surface area contributed by atoms with Crippen molar-refractivity contribution in [1.29, 1.82) is 0 Å². The van der Waals surface area contributed by atoms with E-state index >= 15 is 0 Å². The molecule has 22 heavy (non-hydrogen) atoms. The van der Waals surface area contributed by atoms with Crippen LogP contribution in [0, 0.1) is 0 Å². The lowest BCUT2D eigenvalue weighted by Gasteiger charge is -2.06. The van der Waals surface area contributed by atoms with Crippen LogP contribution in [0.5, 0.6) is 23.0 Å². The molecule has 0 saturated carbocycles. The molecule has 0 atom stereocenters. The predicted molar refractivity (Wildman–Crippen MR) is 86.0 cm³/mol. The third kappa shape index (κ3) is 3.15. The normalized spacial score (nSPS) is 10.0. The molecule has 6 heteroatoms. The molecule has 0 aliphatic rings. The number of methoxy groups -OCH3 is 4. The molecule has 0 spiro atoms. The Balaban J connectivity index is 2.48. The maximum atomic E-state index is 12.9. The molecule has 0 radical (unpaired) electrons. The highest BCUT2D eigenvalue weighted by Crippen LogP contribution is 2.33. The van der Waals surface area contributed by atoms with Crippen LogP contribution in [0.2, 0.25) is 0 Å². The van der Waals surface area contributed by atoms with Crippen LogP contribution in [0.15, 0.2) is 36.4 Å². The average molecular weight is 321 g/mol. The number of hydrogen-bond acceptors (Lipinski definition) is 5. The molecular formula is C16H18O5P+. The zero-order valence-corrected chi connectivity index (χ0v) is 13.8. The molecule has 0 aliphatic heterocycles. The molecule has 2 aromatic carbocycles. The van der Waals surface area contributed by atoms with Gasteiger partial charge in [0, 0.05) is 12.1 Å². The first-order chi connectivity index (χ1) is 10.6. The molecule has 0 N–H and O–H groups in total. The second-order valence-electron chi connectivity index (χ2n) is 4.37. The second-order valence-corrected chi connectivity index (χ2v) is 5.92. The van der Waals surface area contributed by atoms with E-state index in [2.05, 4.69) is 0 Å². The Morgan fingerprint density at radius 2 is 1.09 bits per heavy atom. The van der Waals surface area contributed by atoms with Crippen molar-refractivity contribution in [3.8, 4) is 23.0 Å². The summed E-state index contributed by atoms with van der Waals surface area (Å²) in [5.74, 6) is 2.31. The van der Waals surface area contributed by atoms with Crippen molar-refractivity contribution in [3.05, 3.63) is 36.4 Å². The van der Waals surface area contributed by atoms with Gasteiger partial charge in [0.15, 0.2) is 11.5 Å². The molecular weight excluding hydrogens is 303 g/mol. The smallest absolute Gasteiger partial charge is 0.423 e. The summed E-state index contributed by atoms with van der Waals surface area (Å²) in [6, 6.07) is 10.4. The number of hydrogen-bond donors (Lipinski definition) is 0. The SMILES string of the molecule is COc1ccc([P+](=O)c2ccc(OC)cc2OC)c(OC)c1. The van der Waals surface area contributed by atoms with Crippen molar-refractivity contribution in [2.45, 2.75) is 0 Å². The molecule has 0 saturated heterocycles. The first-order valence-electron chi connectivity index (χ1n) is 6.56. The predicted octanol–water partition coefficient (Wildman–Crippen LogP) is 2.50. The van der Waals surface area contributed by atoms with E-state index in [4.69, 9.17) is 18.9 Å². The van der Waals surface area contributed by atoms with Crippen LogP contribution in [0.3, 0.4) is 0 Å². The molecule has 0 bridgehead atoms. The van der Waals surface area contributed by atoms with Gasteiger partial charge in [0.2, 0.25) is 10.6 Å². The van der Waals surface area contributed by atoms with Gasteiger partial charge in [0.1, 0.15) is 11.5 Å². The Bertz CT molecular complexity index is 627. The minimum absolute atomic E-state index is 0.512. The largest absolute Gasteiger partial charge is 0.497 e. The van der Waals surface area contributed by atoms with Crippen LogP contribution >= 0.6 is 7.80 Å². The van der Waals surface area contributed by atoms with E-state index in [0.29, 0.717) is 33.6 Å². The van der Waals surface area contributed by atoms with E-state index in [0.717, 1.165) is 0 Å². The Morgan fingerprint density at radius 3 is 1.41 bits per heavy atom. The topological polar surface area (TPSA) is 54.0 Å². The summed E-state index contributed by atoms with van der Waals surface area (Å²) in [6.07, 6.45) is 0. The van der Waals surface area contributed by atoms with Crippen molar-refractivity contribution in [1.82, 2.24) is 0 Å². The molecule has 0 unspecified atom stereocenters. The number of ether oxygens (including phenoxy) is 4. The number of rotatable bonds is 6. The van der Waals surface area contributed by atoms with Crippen molar-refractivity contribution in [2.75, 3.05) is 28.4 Å². The standard InChI is InChI=1S/C16H18O5P/c1-18-11-5-7-15(13(9-11)20-3)22(17)16-8-6-12(19-2)10-14(16)21-4/h5-10H,1-4H3/q+1. The fourth-order valence-electron chi connectivity index (χ4n) is 2.04. The maximum Gasteiger partial charge on any atom is 0.423 e. The third-order valence-corrected chi connectivity index (χ3v) is 4.83. The Labute approximate surface area is 130 Å². The summed E-state index contributed by atoms with van der Waals surface area (Å²) in [4.78, 5) is 0. The fraction of sp³-hybridized carbons (Fsp3) is 0.250. The van der Waals surface area contributed by atoms with Gasteiger partial charge in [-0.3, -0.25) is 0 Å². The summed E-state index contributed by atoms with van der Waals surface area (Å²) >= 11 is 0. The van der Waals surface area contributed by atoms with Gasteiger partial charge < -0.3 is 18.9 Å². The molecule has 2 rings (SSSR count). The highest BCUT2D eigenvalue weighted by molar-refractivity contribution is 7.62. The molecule has 116 valence electrons. The van der Waals surface area contributed by atoms with E-state index in [1.54, 1.807) is 50.6 Å². The van der Waals surface area contributed by atoms with Gasteiger partial charge in [-0.1, -0.05) is 4.57 Å². The summed E-state index contributed by atoms with van der Waals surface area (Å²) in [6.45, 7) is 0. The highest BCUT2D eigenvalue weighted by Gasteiger charge is 2.32. The van der Waals surface area contributed by atoms with Crippen LogP contribution < -0.4 is 29.6 Å². The van der Waals surface area contributed by atoms with E-state index in [9.17, 15) is 4.57 Å². The molecule has 0 heterocycles. The molecule has 0 fully saturated rings. The molecule has 0 aliphatic carbocycles. The van der Waals surface area contributed by atoms with Crippen LogP contribution in [0.1, 0.15) is 0 Å². The lowest BCUT2D eigenvalue weighted by atomic mass is 10.3. The first kappa shape index (κ1) is 16.1. The molecule has 0 amide bonds. The molecule has 0 aromatic heterocycles. The van der Waals surface area contributed by atoms with Gasteiger partial charge in [0.05, 0.1) is 28.4 Å². The summed E-state index contributed by atoms with van der Waals surface area (Å²) in [5.41, 5.74) is 0. The van der Waals surface area contributed by atoms with E-state index in [1.165, 1.54) is 14.2 Å². The average Bonchev–Trinajstić information content (AvgIpc) is 2.59. The Morgan fingerprint density at radius 1 is 0.682 bits per heavy atom. The van der Waals surface area contributed by atoms with Gasteiger partial charge in [0.25, 0.3) is 0 Å². The van der Waals surface area contributed by atoms with Crippen LogP contribution in [-0.2, 0) is 4.57 Å². The van der Waals surface area contributed by atoms with Crippen LogP contribution in [-0.4, -0.2) is 28.4 Å². The lowest BCUT2D eigenvalue weighted by molar-refractivity contribution is 0.396. The van der Waals surface area contributed by atoms with Gasteiger partial charge in [-0.15, -0.1) is 0 Å². The zero-order chi connectivity index (χ0) is 16.1. The summed E-state index contributed by atoms with van der Waals surface area (Å²) in [5, 5.41) is 1.17. The lowest BCUT2D eigenvalue weighted by Crippen LogP contribution is -2.12. The quantitative estimate of drug-likeness (QED) is 0.765. The van der Waals surface area contributed by atoms with E-state index in [-0.39, 0.29) is 0 Å². The molecule has 2 aromatic rings. The number of benzene rings is 2. The van der Waals surface area contributed by atoms with Crippen LogP contribution in [0.25, 0.3) is 0 Å². The van der Waals surface area contributed by atoms with Gasteiger partial charge >= 0.3 is 7.80 Å². The highest BCUT2D eigenvalue weighted by atomic mass is 31.1.